The minimum Gasteiger partial charge on any atom is -0.348 e. The molecule has 7 heteroatoms. The van der Waals surface area contributed by atoms with Crippen LogP contribution in [0.15, 0.2) is 12.1 Å². The Balaban J connectivity index is 1.92. The van der Waals surface area contributed by atoms with Gasteiger partial charge < -0.3 is 5.32 Å². The van der Waals surface area contributed by atoms with Gasteiger partial charge in [-0.3, -0.25) is 9.69 Å². The van der Waals surface area contributed by atoms with Crippen LogP contribution in [-0.4, -0.2) is 29.6 Å². The van der Waals surface area contributed by atoms with Gasteiger partial charge in [0.1, 0.15) is 5.67 Å². The first-order valence-electron chi connectivity index (χ1n) is 6.58. The van der Waals surface area contributed by atoms with Crippen LogP contribution in [-0.2, 0) is 19.3 Å². The van der Waals surface area contributed by atoms with Crippen LogP contribution in [0.25, 0.3) is 0 Å². The minimum atomic E-state index is -4.50. The highest BCUT2D eigenvalue weighted by Gasteiger charge is 2.40. The zero-order valence-corrected chi connectivity index (χ0v) is 11.4. The van der Waals surface area contributed by atoms with Crippen molar-refractivity contribution < 1.29 is 22.4 Å². The first-order chi connectivity index (χ1) is 9.66. The third-order valence-corrected chi connectivity index (χ3v) is 3.80. The summed E-state index contributed by atoms with van der Waals surface area (Å²) < 4.78 is 52.7. The van der Waals surface area contributed by atoms with Crippen molar-refractivity contribution in [2.75, 3.05) is 13.1 Å². The van der Waals surface area contributed by atoms with Gasteiger partial charge in [0, 0.05) is 31.7 Å². The highest BCUT2D eigenvalue weighted by atomic mass is 19.4. The van der Waals surface area contributed by atoms with E-state index in [4.69, 9.17) is 0 Å². The van der Waals surface area contributed by atoms with E-state index in [1.165, 1.54) is 13.0 Å². The largest absolute Gasteiger partial charge is 0.416 e. The lowest BCUT2D eigenvalue weighted by atomic mass is 9.95. The quantitative estimate of drug-likeness (QED) is 0.851. The molecule has 1 aromatic rings. The molecule has 0 saturated carbocycles. The fourth-order valence-corrected chi connectivity index (χ4v) is 2.99. The molecule has 0 aromatic heterocycles. The summed E-state index contributed by atoms with van der Waals surface area (Å²) in [5.74, 6) is -0.490. The topological polar surface area (TPSA) is 32.3 Å². The molecule has 3 nitrogen and oxygen atoms in total. The molecule has 3 rings (SSSR count). The molecule has 2 aliphatic heterocycles. The number of nitrogens with one attached hydrogen (secondary N) is 1. The molecular weight excluding hydrogens is 288 g/mol. The number of nitrogens with zero attached hydrogens (tertiary/aromatic N) is 1. The average molecular weight is 302 g/mol. The predicted octanol–water partition coefficient (Wildman–Crippen LogP) is 2.49. The lowest BCUT2D eigenvalue weighted by Crippen LogP contribution is -2.56. The molecule has 1 saturated heterocycles. The van der Waals surface area contributed by atoms with Crippen LogP contribution < -0.4 is 5.32 Å². The van der Waals surface area contributed by atoms with Crippen LogP contribution in [0.3, 0.4) is 0 Å². The highest BCUT2D eigenvalue weighted by molar-refractivity contribution is 5.99. The van der Waals surface area contributed by atoms with E-state index >= 15 is 0 Å². The molecule has 21 heavy (non-hydrogen) atoms. The number of fused-ring (bicyclic) bond motifs is 1. The smallest absolute Gasteiger partial charge is 0.348 e. The van der Waals surface area contributed by atoms with Crippen LogP contribution in [0.1, 0.15) is 34.0 Å². The molecule has 114 valence electrons. The number of carbonyl (C=O) groups excluding carboxylic acids is 1. The molecule has 1 amide bonds. The van der Waals surface area contributed by atoms with E-state index in [-0.39, 0.29) is 37.3 Å². The molecular formula is C14H14F4N2O. The van der Waals surface area contributed by atoms with E-state index in [1.54, 1.807) is 4.90 Å². The van der Waals surface area contributed by atoms with Gasteiger partial charge in [0.15, 0.2) is 0 Å². The predicted molar refractivity (Wildman–Crippen MR) is 67.4 cm³/mol. The molecule has 1 aromatic carbocycles. The number of hydrogen-bond acceptors (Lipinski definition) is 2. The van der Waals surface area contributed by atoms with E-state index in [9.17, 15) is 22.4 Å². The van der Waals surface area contributed by atoms with Gasteiger partial charge in [0.2, 0.25) is 0 Å². The van der Waals surface area contributed by atoms with Crippen molar-refractivity contribution in [3.05, 3.63) is 34.4 Å². The number of rotatable bonds is 2. The minimum absolute atomic E-state index is 0.00445. The van der Waals surface area contributed by atoms with Crippen LogP contribution >= 0.6 is 0 Å². The highest BCUT2D eigenvalue weighted by Crippen LogP contribution is 2.37. The Hall–Kier alpha value is -1.63. The molecule has 0 radical (unpaired) electrons. The third kappa shape index (κ3) is 2.62. The zero-order valence-electron chi connectivity index (χ0n) is 11.4. The lowest BCUT2D eigenvalue weighted by molar-refractivity contribution is -0.138. The van der Waals surface area contributed by atoms with E-state index in [0.717, 1.165) is 6.07 Å². The zero-order chi connectivity index (χ0) is 15.4. The van der Waals surface area contributed by atoms with Crippen LogP contribution in [0, 0.1) is 0 Å². The maximum Gasteiger partial charge on any atom is 0.416 e. The standard InChI is InChI=1S/C14H14F4N2O/c1-13(15)6-20(7-13)5-8-2-9-10(4-19-12(9)21)11(3-8)14(16,17)18/h2-3H,4-7H2,1H3,(H,19,21). The normalized spacial score (nSPS) is 20.9. The summed E-state index contributed by atoms with van der Waals surface area (Å²) in [5, 5.41) is 2.41. The van der Waals surface area contributed by atoms with Crippen molar-refractivity contribution in [1.29, 1.82) is 0 Å². The second-order valence-electron chi connectivity index (χ2n) is 5.91. The molecule has 0 unspecified atom stereocenters. The summed E-state index contributed by atoms with van der Waals surface area (Å²) >= 11 is 0. The second-order valence-corrected chi connectivity index (χ2v) is 5.91. The fraction of sp³-hybridized carbons (Fsp3) is 0.500. The molecule has 0 bridgehead atoms. The van der Waals surface area contributed by atoms with Crippen molar-refractivity contribution in [3.63, 3.8) is 0 Å². The number of benzene rings is 1. The summed E-state index contributed by atoms with van der Waals surface area (Å²) in [6, 6.07) is 2.54. The first-order valence-corrected chi connectivity index (χ1v) is 6.58. The van der Waals surface area contributed by atoms with Gasteiger partial charge in [-0.2, -0.15) is 13.2 Å². The van der Waals surface area contributed by atoms with E-state index < -0.39 is 23.3 Å². The van der Waals surface area contributed by atoms with Gasteiger partial charge in [-0.15, -0.1) is 0 Å². The summed E-state index contributed by atoms with van der Waals surface area (Å²) in [7, 11) is 0. The monoisotopic (exact) mass is 302 g/mol. The van der Waals surface area contributed by atoms with Crippen LogP contribution in [0.2, 0.25) is 0 Å². The Morgan fingerprint density at radius 2 is 2.00 bits per heavy atom. The van der Waals surface area contributed by atoms with Gasteiger partial charge in [-0.1, -0.05) is 0 Å². The fourth-order valence-electron chi connectivity index (χ4n) is 2.99. The number of amides is 1. The molecule has 0 spiro atoms. The number of hydrogen-bond donors (Lipinski definition) is 1. The molecule has 1 fully saturated rings. The van der Waals surface area contributed by atoms with Gasteiger partial charge in [-0.25, -0.2) is 4.39 Å². The van der Waals surface area contributed by atoms with Crippen molar-refractivity contribution in [1.82, 2.24) is 10.2 Å². The number of likely N-dealkylation sites (tertiary alicyclic amines) is 1. The Labute approximate surface area is 118 Å². The Bertz CT molecular complexity index is 602. The lowest BCUT2D eigenvalue weighted by Gasteiger charge is -2.42. The van der Waals surface area contributed by atoms with E-state index in [1.807, 2.05) is 0 Å². The Morgan fingerprint density at radius 1 is 1.33 bits per heavy atom. The molecule has 2 heterocycles. The molecule has 2 aliphatic rings. The van der Waals surface area contributed by atoms with Crippen LogP contribution in [0.4, 0.5) is 17.6 Å². The average Bonchev–Trinajstić information content (AvgIpc) is 2.67. The van der Waals surface area contributed by atoms with Crippen molar-refractivity contribution in [3.8, 4) is 0 Å². The number of halogens is 4. The Morgan fingerprint density at radius 3 is 2.57 bits per heavy atom. The number of carbonyl (C=O) groups is 1. The van der Waals surface area contributed by atoms with E-state index in [2.05, 4.69) is 5.32 Å². The third-order valence-electron chi connectivity index (χ3n) is 3.80. The SMILES string of the molecule is CC1(F)CN(Cc2cc3c(c(C(F)(F)F)c2)CNC3=O)C1. The van der Waals surface area contributed by atoms with Crippen molar-refractivity contribution in [2.45, 2.75) is 31.9 Å². The maximum absolute atomic E-state index is 13.4. The van der Waals surface area contributed by atoms with Gasteiger partial charge in [0.25, 0.3) is 5.91 Å². The van der Waals surface area contributed by atoms with Crippen LogP contribution in [0.5, 0.6) is 0 Å². The van der Waals surface area contributed by atoms with Crippen molar-refractivity contribution >= 4 is 5.91 Å². The first kappa shape index (κ1) is 14.3. The summed E-state index contributed by atoms with van der Waals surface area (Å²) in [6.07, 6.45) is -4.50. The molecule has 1 N–H and O–H groups in total. The number of alkyl halides is 4. The molecule has 0 atom stereocenters. The van der Waals surface area contributed by atoms with E-state index in [0.29, 0.717) is 5.56 Å². The summed E-state index contributed by atoms with van der Waals surface area (Å²) in [4.78, 5) is 13.3. The second kappa shape index (κ2) is 4.43. The summed E-state index contributed by atoms with van der Waals surface area (Å²) in [6.45, 7) is 1.95. The van der Waals surface area contributed by atoms with Gasteiger partial charge in [-0.05, 0) is 30.2 Å². The molecule has 0 aliphatic carbocycles. The maximum atomic E-state index is 13.4. The van der Waals surface area contributed by atoms with Gasteiger partial charge in [0.05, 0.1) is 5.56 Å². The van der Waals surface area contributed by atoms with Gasteiger partial charge >= 0.3 is 6.18 Å². The Kier molecular flexibility index (Phi) is 3.02. The summed E-state index contributed by atoms with van der Waals surface area (Å²) in [5.41, 5.74) is -1.61. The van der Waals surface area contributed by atoms with Crippen molar-refractivity contribution in [2.24, 2.45) is 0 Å².